The van der Waals surface area contributed by atoms with Gasteiger partial charge in [-0.1, -0.05) is 59.6 Å². The highest BCUT2D eigenvalue weighted by molar-refractivity contribution is 6.33. The molecule has 0 spiro atoms. The van der Waals surface area contributed by atoms with E-state index < -0.39 is 0 Å². The van der Waals surface area contributed by atoms with Gasteiger partial charge in [-0.2, -0.15) is 0 Å². The lowest BCUT2D eigenvalue weighted by atomic mass is 9.88. The third-order valence-corrected chi connectivity index (χ3v) is 5.44. The van der Waals surface area contributed by atoms with E-state index in [0.29, 0.717) is 23.3 Å². The molecule has 26 heavy (non-hydrogen) atoms. The molecule has 0 aliphatic heterocycles. The minimum Gasteiger partial charge on any atom is -0.368 e. The van der Waals surface area contributed by atoms with E-state index in [1.165, 1.54) is 0 Å². The van der Waals surface area contributed by atoms with Gasteiger partial charge >= 0.3 is 0 Å². The second-order valence-electron chi connectivity index (χ2n) is 6.35. The SMILES string of the molecule is CCO[C@@H]1C(Cl)=Cc2cccc3c2-c2c1cccc2[C@@H](OCC)C(Cl)=C3. The number of rotatable bonds is 4. The van der Waals surface area contributed by atoms with Crippen LogP contribution in [0.1, 0.15) is 48.3 Å². The molecule has 0 heterocycles. The van der Waals surface area contributed by atoms with Crippen LogP contribution in [0.5, 0.6) is 0 Å². The van der Waals surface area contributed by atoms with Crippen LogP contribution < -0.4 is 0 Å². The zero-order valence-corrected chi connectivity index (χ0v) is 16.3. The van der Waals surface area contributed by atoms with Crippen LogP contribution in [0.15, 0.2) is 46.5 Å². The summed E-state index contributed by atoms with van der Waals surface area (Å²) in [6.07, 6.45) is 3.42. The fourth-order valence-electron chi connectivity index (χ4n) is 3.85. The molecular weight excluding hydrogens is 367 g/mol. The van der Waals surface area contributed by atoms with Gasteiger partial charge in [-0.05, 0) is 59.4 Å². The third-order valence-electron chi connectivity index (χ3n) is 4.83. The summed E-state index contributed by atoms with van der Waals surface area (Å²) in [6, 6.07) is 12.4. The maximum atomic E-state index is 6.68. The quantitative estimate of drug-likeness (QED) is 0.582. The van der Waals surface area contributed by atoms with Crippen molar-refractivity contribution in [1.82, 2.24) is 0 Å². The normalized spacial score (nSPS) is 20.6. The zero-order valence-electron chi connectivity index (χ0n) is 14.8. The smallest absolute Gasteiger partial charge is 0.119 e. The van der Waals surface area contributed by atoms with Crippen LogP contribution in [-0.2, 0) is 9.47 Å². The molecule has 0 radical (unpaired) electrons. The minimum atomic E-state index is -0.295. The van der Waals surface area contributed by atoms with E-state index in [4.69, 9.17) is 32.7 Å². The molecule has 0 amide bonds. The second-order valence-corrected chi connectivity index (χ2v) is 7.23. The van der Waals surface area contributed by atoms with E-state index in [1.54, 1.807) is 0 Å². The lowest BCUT2D eigenvalue weighted by Gasteiger charge is -2.24. The summed E-state index contributed by atoms with van der Waals surface area (Å²) >= 11 is 13.4. The second kappa shape index (κ2) is 7.21. The summed E-state index contributed by atoms with van der Waals surface area (Å²) in [5.74, 6) is 0. The van der Waals surface area contributed by atoms with Crippen molar-refractivity contribution < 1.29 is 9.47 Å². The van der Waals surface area contributed by atoms with E-state index in [9.17, 15) is 0 Å². The summed E-state index contributed by atoms with van der Waals surface area (Å²) in [5, 5.41) is 1.37. The number of benzene rings is 2. The first-order valence-corrected chi connectivity index (χ1v) is 9.64. The van der Waals surface area contributed by atoms with E-state index in [1.807, 2.05) is 38.1 Å². The van der Waals surface area contributed by atoms with Crippen molar-refractivity contribution in [3.63, 3.8) is 0 Å². The summed E-state index contributed by atoms with van der Waals surface area (Å²) in [6.45, 7) is 5.12. The third kappa shape index (κ3) is 2.82. The number of halogens is 2. The molecule has 0 N–H and O–H groups in total. The summed E-state index contributed by atoms with van der Waals surface area (Å²) in [7, 11) is 0. The number of hydrogen-bond acceptors (Lipinski definition) is 2. The van der Waals surface area contributed by atoms with Crippen LogP contribution in [0.4, 0.5) is 0 Å². The minimum absolute atomic E-state index is 0.295. The average Bonchev–Trinajstić information content (AvgIpc) is 2.83. The van der Waals surface area contributed by atoms with Crippen molar-refractivity contribution >= 4 is 35.4 Å². The molecule has 2 aromatic rings. The molecule has 2 aliphatic carbocycles. The molecule has 2 nitrogen and oxygen atoms in total. The van der Waals surface area contributed by atoms with Gasteiger partial charge in [0.1, 0.15) is 12.2 Å². The van der Waals surface area contributed by atoms with Crippen LogP contribution in [0, 0.1) is 0 Å². The van der Waals surface area contributed by atoms with Crippen molar-refractivity contribution in [2.45, 2.75) is 26.1 Å². The summed E-state index contributed by atoms with van der Waals surface area (Å²) in [5.41, 5.74) is 6.51. The molecule has 0 saturated heterocycles. The summed E-state index contributed by atoms with van der Waals surface area (Å²) < 4.78 is 12.0. The highest BCUT2D eigenvalue weighted by Crippen LogP contribution is 2.50. The highest BCUT2D eigenvalue weighted by atomic mass is 35.5. The molecule has 2 aromatic carbocycles. The fraction of sp³-hybridized carbons (Fsp3) is 0.273. The first-order valence-electron chi connectivity index (χ1n) is 8.89. The molecule has 0 unspecified atom stereocenters. The van der Waals surface area contributed by atoms with Crippen LogP contribution >= 0.6 is 23.2 Å². The maximum absolute atomic E-state index is 6.68. The zero-order chi connectivity index (χ0) is 18.3. The Morgan fingerprint density at radius 2 is 1.19 bits per heavy atom. The van der Waals surface area contributed by atoms with Gasteiger partial charge < -0.3 is 9.47 Å². The summed E-state index contributed by atoms with van der Waals surface area (Å²) in [4.78, 5) is 0. The number of hydrogen-bond donors (Lipinski definition) is 0. The Kier molecular flexibility index (Phi) is 4.94. The lowest BCUT2D eigenvalue weighted by Crippen LogP contribution is -2.10. The average molecular weight is 387 g/mol. The maximum Gasteiger partial charge on any atom is 0.119 e. The number of ether oxygens (including phenoxy) is 2. The largest absolute Gasteiger partial charge is 0.368 e. The van der Waals surface area contributed by atoms with Crippen molar-refractivity contribution in [3.8, 4) is 11.1 Å². The van der Waals surface area contributed by atoms with Gasteiger partial charge in [0, 0.05) is 13.2 Å². The van der Waals surface area contributed by atoms with Crippen LogP contribution in [0.25, 0.3) is 23.3 Å². The molecule has 4 rings (SSSR count). The molecular formula is C22H20Cl2O2. The molecule has 2 atom stereocenters. The molecule has 0 aromatic heterocycles. The predicted molar refractivity (Wildman–Crippen MR) is 108 cm³/mol. The predicted octanol–water partition coefficient (Wildman–Crippen LogP) is 6.70. The van der Waals surface area contributed by atoms with Crippen molar-refractivity contribution in [1.29, 1.82) is 0 Å². The van der Waals surface area contributed by atoms with Crippen LogP contribution in [0.3, 0.4) is 0 Å². The Bertz CT molecular complexity index is 848. The van der Waals surface area contributed by atoms with Gasteiger partial charge in [-0.3, -0.25) is 0 Å². The van der Waals surface area contributed by atoms with E-state index >= 15 is 0 Å². The van der Waals surface area contributed by atoms with Gasteiger partial charge in [-0.15, -0.1) is 0 Å². The Hall–Kier alpha value is -1.58. The van der Waals surface area contributed by atoms with E-state index in [0.717, 1.165) is 33.4 Å². The molecule has 2 aliphatic rings. The Morgan fingerprint density at radius 1 is 0.731 bits per heavy atom. The monoisotopic (exact) mass is 386 g/mol. The highest BCUT2D eigenvalue weighted by Gasteiger charge is 2.32. The Labute approximate surface area is 164 Å². The molecule has 134 valence electrons. The van der Waals surface area contributed by atoms with Crippen molar-refractivity contribution in [3.05, 3.63) is 68.7 Å². The van der Waals surface area contributed by atoms with Gasteiger partial charge in [0.05, 0.1) is 10.1 Å². The molecule has 0 fully saturated rings. The van der Waals surface area contributed by atoms with Crippen molar-refractivity contribution in [2.75, 3.05) is 13.2 Å². The van der Waals surface area contributed by atoms with Crippen molar-refractivity contribution in [2.24, 2.45) is 0 Å². The van der Waals surface area contributed by atoms with E-state index in [-0.39, 0.29) is 12.2 Å². The lowest BCUT2D eigenvalue weighted by molar-refractivity contribution is 0.0907. The van der Waals surface area contributed by atoms with Gasteiger partial charge in [0.2, 0.25) is 0 Å². The standard InChI is InChI=1S/C22H20Cl2O2/c1-3-25-21-15-9-6-10-16-20(15)19-13(11-17(21)23)7-5-8-14(19)12-18(24)22(16)26-4-2/h5-12,21-22H,3-4H2,1-2H3/t21-,22+. The fourth-order valence-corrected chi connectivity index (χ4v) is 4.45. The Balaban J connectivity index is 2.10. The van der Waals surface area contributed by atoms with Crippen LogP contribution in [-0.4, -0.2) is 13.2 Å². The van der Waals surface area contributed by atoms with Gasteiger partial charge in [0.25, 0.3) is 0 Å². The molecule has 0 saturated carbocycles. The van der Waals surface area contributed by atoms with E-state index in [2.05, 4.69) is 24.3 Å². The Morgan fingerprint density at radius 3 is 1.65 bits per heavy atom. The van der Waals surface area contributed by atoms with Gasteiger partial charge in [0.15, 0.2) is 0 Å². The topological polar surface area (TPSA) is 18.5 Å². The van der Waals surface area contributed by atoms with Gasteiger partial charge in [-0.25, -0.2) is 0 Å². The first kappa shape index (κ1) is 17.8. The molecule has 0 bridgehead atoms. The van der Waals surface area contributed by atoms with Crippen LogP contribution in [0.2, 0.25) is 0 Å². The first-order chi connectivity index (χ1) is 12.7. The molecule has 4 heteroatoms.